The Morgan fingerprint density at radius 1 is 1.03 bits per heavy atom. The van der Waals surface area contributed by atoms with Crippen LogP contribution < -0.4 is 15.5 Å². The van der Waals surface area contributed by atoms with E-state index in [-0.39, 0.29) is 18.9 Å². The van der Waals surface area contributed by atoms with Crippen molar-refractivity contribution in [1.82, 2.24) is 10.6 Å². The van der Waals surface area contributed by atoms with E-state index in [0.717, 1.165) is 11.1 Å². The van der Waals surface area contributed by atoms with Crippen molar-refractivity contribution >= 4 is 29.6 Å². The first kappa shape index (κ1) is 27.7. The number of carbonyl (C=O) groups excluding carboxylic acids is 4. The molecule has 0 fully saturated rings. The van der Waals surface area contributed by atoms with Gasteiger partial charge in [0.15, 0.2) is 0 Å². The molecule has 1 aliphatic rings. The molecule has 9 heteroatoms. The van der Waals surface area contributed by atoms with Crippen LogP contribution >= 0.6 is 0 Å². The molecule has 0 spiro atoms. The Morgan fingerprint density at radius 3 is 2.38 bits per heavy atom. The molecule has 0 saturated carbocycles. The molecule has 2 aromatic carbocycles. The molecule has 0 unspecified atom stereocenters. The van der Waals surface area contributed by atoms with Gasteiger partial charge in [0.2, 0.25) is 11.8 Å². The summed E-state index contributed by atoms with van der Waals surface area (Å²) in [4.78, 5) is 52.7. The lowest BCUT2D eigenvalue weighted by molar-refractivity contribution is -0.140. The third-order valence-electron chi connectivity index (χ3n) is 5.93. The van der Waals surface area contributed by atoms with E-state index in [9.17, 15) is 19.2 Å². The largest absolute Gasteiger partial charge is 0.469 e. The van der Waals surface area contributed by atoms with Crippen molar-refractivity contribution in [3.8, 4) is 0 Å². The predicted octanol–water partition coefficient (Wildman–Crippen LogP) is 3.15. The topological polar surface area (TPSA) is 114 Å². The monoisotopic (exact) mass is 509 g/mol. The number of rotatable bonds is 9. The number of methoxy groups -OCH3 is 1. The summed E-state index contributed by atoms with van der Waals surface area (Å²) >= 11 is 0. The Bertz CT molecular complexity index is 1110. The van der Waals surface area contributed by atoms with Crippen LogP contribution in [0.15, 0.2) is 54.6 Å². The van der Waals surface area contributed by atoms with E-state index >= 15 is 0 Å². The van der Waals surface area contributed by atoms with E-state index in [1.165, 1.54) is 12.0 Å². The van der Waals surface area contributed by atoms with E-state index in [0.29, 0.717) is 24.9 Å². The predicted molar refractivity (Wildman–Crippen MR) is 139 cm³/mol. The highest BCUT2D eigenvalue weighted by molar-refractivity contribution is 6.06. The van der Waals surface area contributed by atoms with Crippen LogP contribution in [0.25, 0.3) is 0 Å². The Kier molecular flexibility index (Phi) is 9.27. The fourth-order valence-corrected chi connectivity index (χ4v) is 4.21. The molecular formula is C28H35N3O6. The Labute approximate surface area is 217 Å². The molecule has 1 heterocycles. The Balaban J connectivity index is 1.84. The Morgan fingerprint density at radius 2 is 1.70 bits per heavy atom. The number of aryl methyl sites for hydroxylation is 1. The lowest BCUT2D eigenvalue weighted by Crippen LogP contribution is -2.55. The van der Waals surface area contributed by atoms with E-state index in [1.54, 1.807) is 32.9 Å². The van der Waals surface area contributed by atoms with Crippen LogP contribution in [0.1, 0.15) is 44.7 Å². The molecule has 198 valence electrons. The molecule has 0 bridgehead atoms. The second-order valence-corrected chi connectivity index (χ2v) is 9.90. The highest BCUT2D eigenvalue weighted by Crippen LogP contribution is 2.33. The zero-order chi connectivity index (χ0) is 27.0. The highest BCUT2D eigenvalue weighted by Gasteiger charge is 2.41. The molecule has 3 rings (SSSR count). The van der Waals surface area contributed by atoms with Gasteiger partial charge in [-0.25, -0.2) is 4.79 Å². The van der Waals surface area contributed by atoms with E-state index in [2.05, 4.69) is 15.4 Å². The van der Waals surface area contributed by atoms with Crippen LogP contribution in [0, 0.1) is 0 Å². The molecule has 0 aliphatic carbocycles. The summed E-state index contributed by atoms with van der Waals surface area (Å²) in [6.45, 7) is 5.34. The van der Waals surface area contributed by atoms with Gasteiger partial charge in [-0.05, 0) is 50.8 Å². The van der Waals surface area contributed by atoms with Crippen LogP contribution in [-0.4, -0.2) is 55.2 Å². The van der Waals surface area contributed by atoms with Crippen molar-refractivity contribution in [2.24, 2.45) is 0 Å². The maximum atomic E-state index is 14.0. The summed E-state index contributed by atoms with van der Waals surface area (Å²) in [5.74, 6) is -1.22. The van der Waals surface area contributed by atoms with Gasteiger partial charge in [-0.3, -0.25) is 19.3 Å². The van der Waals surface area contributed by atoms with E-state index in [1.807, 2.05) is 42.5 Å². The van der Waals surface area contributed by atoms with E-state index < -0.39 is 35.7 Å². The van der Waals surface area contributed by atoms with Crippen LogP contribution in [0.5, 0.6) is 0 Å². The molecule has 9 nitrogen and oxygen atoms in total. The molecule has 37 heavy (non-hydrogen) atoms. The van der Waals surface area contributed by atoms with Crippen LogP contribution in [0.3, 0.4) is 0 Å². The van der Waals surface area contributed by atoms with Gasteiger partial charge in [-0.15, -0.1) is 0 Å². The zero-order valence-corrected chi connectivity index (χ0v) is 21.8. The molecule has 2 aromatic rings. The summed E-state index contributed by atoms with van der Waals surface area (Å²) in [6.07, 6.45) is 0.501. The van der Waals surface area contributed by atoms with Crippen molar-refractivity contribution in [1.29, 1.82) is 0 Å². The van der Waals surface area contributed by atoms with Crippen molar-refractivity contribution in [3.63, 3.8) is 0 Å². The first-order chi connectivity index (χ1) is 17.6. The average molecular weight is 510 g/mol. The van der Waals surface area contributed by atoms with Crippen molar-refractivity contribution in [2.75, 3.05) is 18.6 Å². The van der Waals surface area contributed by atoms with Crippen molar-refractivity contribution < 1.29 is 28.7 Å². The quantitative estimate of drug-likeness (QED) is 0.502. The van der Waals surface area contributed by atoms with Crippen LogP contribution in [0.4, 0.5) is 10.5 Å². The summed E-state index contributed by atoms with van der Waals surface area (Å²) in [7, 11) is 1.28. The molecule has 0 radical (unpaired) electrons. The van der Waals surface area contributed by atoms with E-state index in [4.69, 9.17) is 4.74 Å². The number of esters is 1. The third kappa shape index (κ3) is 7.80. The summed E-state index contributed by atoms with van der Waals surface area (Å²) in [6, 6.07) is 15.2. The lowest BCUT2D eigenvalue weighted by Gasteiger charge is -2.30. The average Bonchev–Trinajstić information content (AvgIpc) is 3.25. The normalized spacial score (nSPS) is 15.4. The van der Waals surface area contributed by atoms with Gasteiger partial charge in [-0.2, -0.15) is 0 Å². The number of alkyl carbamates (subject to hydrolysis) is 1. The van der Waals surface area contributed by atoms with Gasteiger partial charge in [0.1, 0.15) is 17.7 Å². The van der Waals surface area contributed by atoms with Gasteiger partial charge in [0.05, 0.1) is 13.5 Å². The Hall–Kier alpha value is -3.88. The number of fused-ring (bicyclic) bond motifs is 1. The smallest absolute Gasteiger partial charge is 0.408 e. The maximum absolute atomic E-state index is 14.0. The van der Waals surface area contributed by atoms with Crippen molar-refractivity contribution in [2.45, 2.75) is 64.1 Å². The summed E-state index contributed by atoms with van der Waals surface area (Å²) < 4.78 is 10.0. The first-order valence-electron chi connectivity index (χ1n) is 12.4. The minimum Gasteiger partial charge on any atom is -0.469 e. The minimum atomic E-state index is -0.924. The number of ether oxygens (including phenoxy) is 2. The second-order valence-electron chi connectivity index (χ2n) is 9.90. The van der Waals surface area contributed by atoms with Crippen LogP contribution in [-0.2, 0) is 36.7 Å². The minimum absolute atomic E-state index is 0.0236. The van der Waals surface area contributed by atoms with Gasteiger partial charge in [-0.1, -0.05) is 48.5 Å². The number of amides is 3. The number of nitrogens with zero attached hydrogens (tertiary/aromatic N) is 1. The third-order valence-corrected chi connectivity index (χ3v) is 5.93. The van der Waals surface area contributed by atoms with Gasteiger partial charge >= 0.3 is 12.1 Å². The SMILES string of the molecule is COC(=O)CCNC(=O)[C@@H]1Cc2ccccc2N1C(=O)[C@H](CCc1ccccc1)NC(=O)OC(C)(C)C. The lowest BCUT2D eigenvalue weighted by atomic mass is 10.0. The van der Waals surface area contributed by atoms with Gasteiger partial charge in [0, 0.05) is 18.7 Å². The molecule has 0 aromatic heterocycles. The van der Waals surface area contributed by atoms with Gasteiger partial charge in [0.25, 0.3) is 0 Å². The number of carbonyl (C=O) groups is 4. The number of nitrogens with one attached hydrogen (secondary N) is 2. The number of hydrogen-bond donors (Lipinski definition) is 2. The number of anilines is 1. The van der Waals surface area contributed by atoms with Gasteiger partial charge < -0.3 is 20.1 Å². The summed E-state index contributed by atoms with van der Waals surface area (Å²) in [5, 5.41) is 5.46. The number of para-hydroxylation sites is 1. The highest BCUT2D eigenvalue weighted by atomic mass is 16.6. The standard InChI is InChI=1S/C28H35N3O6/c1-28(2,3)37-27(35)30-21(15-14-19-10-6-5-7-11-19)26(34)31-22-13-9-8-12-20(22)18-23(31)25(33)29-17-16-24(32)36-4/h5-13,21,23H,14-18H2,1-4H3,(H,29,33)(H,30,35)/t21-,23-/m0/s1. The zero-order valence-electron chi connectivity index (χ0n) is 21.8. The fourth-order valence-electron chi connectivity index (χ4n) is 4.21. The number of hydrogen-bond acceptors (Lipinski definition) is 6. The molecule has 2 N–H and O–H groups in total. The molecule has 0 saturated heterocycles. The first-order valence-corrected chi connectivity index (χ1v) is 12.4. The molecular weight excluding hydrogens is 474 g/mol. The molecule has 2 atom stereocenters. The second kappa shape index (κ2) is 12.4. The number of benzene rings is 2. The van der Waals surface area contributed by atoms with Crippen molar-refractivity contribution in [3.05, 3.63) is 65.7 Å². The molecule has 1 aliphatic heterocycles. The molecule has 3 amide bonds. The maximum Gasteiger partial charge on any atom is 0.408 e. The van der Waals surface area contributed by atoms with Crippen LogP contribution in [0.2, 0.25) is 0 Å². The fraction of sp³-hybridized carbons (Fsp3) is 0.429. The summed E-state index contributed by atoms with van der Waals surface area (Å²) in [5.41, 5.74) is 1.75.